The molecule has 0 aliphatic carbocycles. The van der Waals surface area contributed by atoms with Crippen LogP contribution in [0.2, 0.25) is 0 Å². The highest BCUT2D eigenvalue weighted by atomic mass is 16.1. The summed E-state index contributed by atoms with van der Waals surface area (Å²) < 4.78 is 2.28. The first-order valence-electron chi connectivity index (χ1n) is 10.0. The number of carbonyl (C=O) groups is 1. The van der Waals surface area contributed by atoms with Gasteiger partial charge < -0.3 is 9.88 Å². The van der Waals surface area contributed by atoms with Gasteiger partial charge in [-0.25, -0.2) is 0 Å². The van der Waals surface area contributed by atoms with Crippen molar-refractivity contribution in [1.29, 1.82) is 0 Å². The molecule has 1 atom stereocenters. The van der Waals surface area contributed by atoms with Crippen molar-refractivity contribution >= 4 is 16.8 Å². The molecule has 3 heteroatoms. The Balaban J connectivity index is 1.99. The van der Waals surface area contributed by atoms with Crippen LogP contribution in [0.1, 0.15) is 55.7 Å². The fourth-order valence-corrected chi connectivity index (χ4v) is 3.68. The van der Waals surface area contributed by atoms with Crippen LogP contribution in [0.5, 0.6) is 0 Å². The summed E-state index contributed by atoms with van der Waals surface area (Å²) in [6.45, 7) is 8.07. The van der Waals surface area contributed by atoms with Gasteiger partial charge in [-0.1, -0.05) is 61.4 Å². The van der Waals surface area contributed by atoms with Crippen molar-refractivity contribution in [2.45, 2.75) is 52.5 Å². The minimum atomic E-state index is 0.0601. The normalized spacial score (nSPS) is 12.3. The lowest BCUT2D eigenvalue weighted by molar-refractivity contribution is -0.121. The van der Waals surface area contributed by atoms with E-state index in [-0.39, 0.29) is 11.8 Å². The molecule has 0 spiro atoms. The summed E-state index contributed by atoms with van der Waals surface area (Å²) in [4.78, 5) is 12.6. The molecule has 1 amide bonds. The number of rotatable bonds is 8. The van der Waals surface area contributed by atoms with E-state index >= 15 is 0 Å². The first-order chi connectivity index (χ1) is 13.1. The Labute approximate surface area is 162 Å². The summed E-state index contributed by atoms with van der Waals surface area (Å²) in [6.07, 6.45) is 4.82. The second-order valence-electron chi connectivity index (χ2n) is 7.26. The van der Waals surface area contributed by atoms with Crippen molar-refractivity contribution in [2.75, 3.05) is 6.54 Å². The number of hydrogen-bond acceptors (Lipinski definition) is 1. The van der Waals surface area contributed by atoms with Gasteiger partial charge in [0.1, 0.15) is 0 Å². The van der Waals surface area contributed by atoms with Gasteiger partial charge in [0.25, 0.3) is 0 Å². The minimum absolute atomic E-state index is 0.0601. The molecular weight excluding hydrogens is 332 g/mol. The van der Waals surface area contributed by atoms with Crippen molar-refractivity contribution in [3.63, 3.8) is 0 Å². The predicted octanol–water partition coefficient (Wildman–Crippen LogP) is 5.41. The molecule has 0 aliphatic heterocycles. The van der Waals surface area contributed by atoms with Gasteiger partial charge in [-0.15, -0.1) is 0 Å². The average Bonchev–Trinajstić information content (AvgIpc) is 3.06. The van der Waals surface area contributed by atoms with Crippen molar-refractivity contribution in [3.8, 4) is 0 Å². The third-order valence-corrected chi connectivity index (χ3v) is 5.26. The Kier molecular flexibility index (Phi) is 6.33. The molecule has 0 radical (unpaired) electrons. The quantitative estimate of drug-likeness (QED) is 0.534. The second kappa shape index (κ2) is 8.90. The van der Waals surface area contributed by atoms with Crippen LogP contribution < -0.4 is 5.32 Å². The molecule has 0 aliphatic rings. The third kappa shape index (κ3) is 4.41. The van der Waals surface area contributed by atoms with E-state index in [1.54, 1.807) is 0 Å². The Morgan fingerprint density at radius 2 is 1.81 bits per heavy atom. The molecule has 0 saturated heterocycles. The molecule has 1 N–H and O–H groups in total. The molecule has 3 nitrogen and oxygen atoms in total. The standard InChI is InChI=1S/C24H30N2O/c1-4-6-15-25-24(27)16-21(19-13-11-18(3)12-14-19)22-17-26(5-2)23-10-8-7-9-20(22)23/h7-14,17,21H,4-6,15-16H2,1-3H3,(H,25,27). The van der Waals surface area contributed by atoms with Crippen molar-refractivity contribution < 1.29 is 4.79 Å². The van der Waals surface area contributed by atoms with Crippen molar-refractivity contribution in [2.24, 2.45) is 0 Å². The number of benzene rings is 2. The van der Waals surface area contributed by atoms with Crippen LogP contribution in [0.4, 0.5) is 0 Å². The Hall–Kier alpha value is -2.55. The number of para-hydroxylation sites is 1. The Morgan fingerprint density at radius 1 is 1.07 bits per heavy atom. The molecule has 0 fully saturated rings. The van der Waals surface area contributed by atoms with Gasteiger partial charge in [-0.05, 0) is 37.5 Å². The molecule has 27 heavy (non-hydrogen) atoms. The highest BCUT2D eigenvalue weighted by Crippen LogP contribution is 2.35. The zero-order valence-electron chi connectivity index (χ0n) is 16.7. The maximum absolute atomic E-state index is 12.6. The highest BCUT2D eigenvalue weighted by molar-refractivity contribution is 5.86. The summed E-state index contributed by atoms with van der Waals surface area (Å²) in [5.74, 6) is 0.187. The molecular formula is C24H30N2O. The number of hydrogen-bond donors (Lipinski definition) is 1. The number of fused-ring (bicyclic) bond motifs is 1. The number of carbonyl (C=O) groups excluding carboxylic acids is 1. The van der Waals surface area contributed by atoms with Crippen molar-refractivity contribution in [3.05, 3.63) is 71.4 Å². The topological polar surface area (TPSA) is 34.0 Å². The van der Waals surface area contributed by atoms with Crippen LogP contribution in [0.15, 0.2) is 54.7 Å². The van der Waals surface area contributed by atoms with E-state index < -0.39 is 0 Å². The first-order valence-corrected chi connectivity index (χ1v) is 10.0. The molecule has 3 rings (SSSR count). The maximum atomic E-state index is 12.6. The summed E-state index contributed by atoms with van der Waals surface area (Å²) in [6, 6.07) is 17.1. The van der Waals surface area contributed by atoms with E-state index in [9.17, 15) is 4.79 Å². The maximum Gasteiger partial charge on any atom is 0.220 e. The Morgan fingerprint density at radius 3 is 2.52 bits per heavy atom. The van der Waals surface area contributed by atoms with E-state index in [1.165, 1.54) is 27.6 Å². The van der Waals surface area contributed by atoms with Gasteiger partial charge in [-0.2, -0.15) is 0 Å². The lowest BCUT2D eigenvalue weighted by atomic mass is 9.87. The summed E-state index contributed by atoms with van der Waals surface area (Å²) in [7, 11) is 0. The SMILES string of the molecule is CCCCNC(=O)CC(c1ccc(C)cc1)c1cn(CC)c2ccccc12. The zero-order chi connectivity index (χ0) is 19.2. The minimum Gasteiger partial charge on any atom is -0.356 e. The Bertz CT molecular complexity index is 892. The fraction of sp³-hybridized carbons (Fsp3) is 0.375. The van der Waals surface area contributed by atoms with Crippen LogP contribution >= 0.6 is 0 Å². The van der Waals surface area contributed by atoms with Crippen LogP contribution in [-0.2, 0) is 11.3 Å². The van der Waals surface area contributed by atoms with Gasteiger partial charge in [0, 0.05) is 42.5 Å². The van der Waals surface area contributed by atoms with E-state index in [1.807, 2.05) is 0 Å². The molecule has 1 heterocycles. The summed E-state index contributed by atoms with van der Waals surface area (Å²) >= 11 is 0. The molecule has 1 aromatic heterocycles. The van der Waals surface area contributed by atoms with Gasteiger partial charge >= 0.3 is 0 Å². The van der Waals surface area contributed by atoms with Crippen molar-refractivity contribution in [1.82, 2.24) is 9.88 Å². The first kappa shape index (κ1) is 19.2. The molecule has 0 saturated carbocycles. The lowest BCUT2D eigenvalue weighted by Crippen LogP contribution is -2.26. The third-order valence-electron chi connectivity index (χ3n) is 5.26. The smallest absolute Gasteiger partial charge is 0.220 e. The molecule has 1 unspecified atom stereocenters. The number of amides is 1. The monoisotopic (exact) mass is 362 g/mol. The number of nitrogens with zero attached hydrogens (tertiary/aromatic N) is 1. The van der Waals surface area contributed by atoms with Gasteiger partial charge in [0.2, 0.25) is 5.91 Å². The van der Waals surface area contributed by atoms with E-state index in [2.05, 4.69) is 85.4 Å². The molecule has 3 aromatic rings. The van der Waals surface area contributed by atoms with Gasteiger partial charge in [0.05, 0.1) is 0 Å². The van der Waals surface area contributed by atoms with Crippen LogP contribution in [0, 0.1) is 6.92 Å². The van der Waals surface area contributed by atoms with E-state index in [0.29, 0.717) is 6.42 Å². The summed E-state index contributed by atoms with van der Waals surface area (Å²) in [5, 5.41) is 4.33. The summed E-state index contributed by atoms with van der Waals surface area (Å²) in [5.41, 5.74) is 4.91. The number of aryl methyl sites for hydroxylation is 2. The highest BCUT2D eigenvalue weighted by Gasteiger charge is 2.22. The number of aromatic nitrogens is 1. The number of unbranched alkanes of at least 4 members (excludes halogenated alkanes) is 1. The average molecular weight is 363 g/mol. The zero-order valence-corrected chi connectivity index (χ0v) is 16.7. The van der Waals surface area contributed by atoms with E-state index in [4.69, 9.17) is 0 Å². The lowest BCUT2D eigenvalue weighted by Gasteiger charge is -2.17. The fourth-order valence-electron chi connectivity index (χ4n) is 3.68. The second-order valence-corrected chi connectivity index (χ2v) is 7.26. The largest absolute Gasteiger partial charge is 0.356 e. The molecule has 2 aromatic carbocycles. The van der Waals surface area contributed by atoms with Crippen LogP contribution in [0.25, 0.3) is 10.9 Å². The van der Waals surface area contributed by atoms with Gasteiger partial charge in [-0.3, -0.25) is 4.79 Å². The molecule has 142 valence electrons. The molecule has 0 bridgehead atoms. The number of nitrogens with one attached hydrogen (secondary N) is 1. The van der Waals surface area contributed by atoms with E-state index in [0.717, 1.165) is 25.9 Å². The van der Waals surface area contributed by atoms with Crippen LogP contribution in [0.3, 0.4) is 0 Å². The van der Waals surface area contributed by atoms with Crippen LogP contribution in [-0.4, -0.2) is 17.0 Å². The predicted molar refractivity (Wildman–Crippen MR) is 113 cm³/mol. The van der Waals surface area contributed by atoms with Gasteiger partial charge in [0.15, 0.2) is 0 Å².